The number of unbranched alkanes of at least 4 members (excludes halogenated alkanes) is 3. The van der Waals surface area contributed by atoms with Crippen LogP contribution in [-0.4, -0.2) is 17.4 Å². The monoisotopic (exact) mass is 209 g/mol. The summed E-state index contributed by atoms with van der Waals surface area (Å²) in [5.74, 6) is 0.305. The topological polar surface area (TPSA) is 20.3 Å². The standard InChI is InChI=1S/C13H23NO/c1-2-3-4-5-8-11-14-12-9-6-7-10-13(14)15/h8,11H,2-7,9-10,12H2,1H3/b11-8+. The molecule has 1 rings (SSSR count). The van der Waals surface area contributed by atoms with Crippen molar-refractivity contribution in [3.8, 4) is 0 Å². The number of nitrogens with zero attached hydrogens (tertiary/aromatic N) is 1. The van der Waals surface area contributed by atoms with Crippen LogP contribution < -0.4 is 0 Å². The van der Waals surface area contributed by atoms with Crippen molar-refractivity contribution in [3.63, 3.8) is 0 Å². The molecule has 0 N–H and O–H groups in total. The maximum atomic E-state index is 11.6. The summed E-state index contributed by atoms with van der Waals surface area (Å²) >= 11 is 0. The number of carbonyl (C=O) groups is 1. The molecule has 0 saturated carbocycles. The summed E-state index contributed by atoms with van der Waals surface area (Å²) in [6.45, 7) is 3.13. The highest BCUT2D eigenvalue weighted by atomic mass is 16.2. The Hall–Kier alpha value is -0.790. The Balaban J connectivity index is 2.25. The van der Waals surface area contributed by atoms with Crippen LogP contribution in [0.1, 0.15) is 58.3 Å². The highest BCUT2D eigenvalue weighted by Crippen LogP contribution is 2.11. The average Bonchev–Trinajstić information content (AvgIpc) is 2.44. The fourth-order valence-electron chi connectivity index (χ4n) is 1.88. The molecule has 2 nitrogen and oxygen atoms in total. The molecule has 2 heteroatoms. The lowest BCUT2D eigenvalue weighted by Crippen LogP contribution is -2.24. The van der Waals surface area contributed by atoms with E-state index in [-0.39, 0.29) is 0 Å². The van der Waals surface area contributed by atoms with Gasteiger partial charge in [-0.1, -0.05) is 32.3 Å². The van der Waals surface area contributed by atoms with Crippen LogP contribution in [0.25, 0.3) is 0 Å². The molecule has 1 aliphatic rings. The molecule has 1 aliphatic heterocycles. The van der Waals surface area contributed by atoms with Crippen LogP contribution in [0.15, 0.2) is 12.3 Å². The van der Waals surface area contributed by atoms with E-state index in [1.54, 1.807) is 0 Å². The van der Waals surface area contributed by atoms with E-state index >= 15 is 0 Å². The lowest BCUT2D eigenvalue weighted by atomic mass is 10.2. The summed E-state index contributed by atoms with van der Waals surface area (Å²) in [6.07, 6.45) is 13.2. The maximum Gasteiger partial charge on any atom is 0.226 e. The van der Waals surface area contributed by atoms with E-state index in [0.29, 0.717) is 5.91 Å². The number of rotatable bonds is 5. The third-order valence-electron chi connectivity index (χ3n) is 2.87. The minimum absolute atomic E-state index is 0.305. The van der Waals surface area contributed by atoms with Crippen LogP contribution in [0, 0.1) is 0 Å². The smallest absolute Gasteiger partial charge is 0.226 e. The zero-order chi connectivity index (χ0) is 10.9. The van der Waals surface area contributed by atoms with Crippen molar-refractivity contribution in [1.29, 1.82) is 0 Å². The summed E-state index contributed by atoms with van der Waals surface area (Å²) in [5.41, 5.74) is 0. The van der Waals surface area contributed by atoms with Gasteiger partial charge in [0.15, 0.2) is 0 Å². The van der Waals surface area contributed by atoms with Crippen molar-refractivity contribution in [2.45, 2.75) is 58.3 Å². The SMILES string of the molecule is CCCCC/C=C/N1CCCCCC1=O. The predicted octanol–water partition coefficient (Wildman–Crippen LogP) is 3.48. The molecular formula is C13H23NO. The third-order valence-corrected chi connectivity index (χ3v) is 2.87. The van der Waals surface area contributed by atoms with Gasteiger partial charge < -0.3 is 4.90 Å². The largest absolute Gasteiger partial charge is 0.319 e. The second kappa shape index (κ2) is 7.49. The van der Waals surface area contributed by atoms with Crippen molar-refractivity contribution >= 4 is 5.91 Å². The Morgan fingerprint density at radius 1 is 1.27 bits per heavy atom. The zero-order valence-corrected chi connectivity index (χ0v) is 9.87. The van der Waals surface area contributed by atoms with Crippen LogP contribution in [-0.2, 0) is 4.79 Å². The average molecular weight is 209 g/mol. The zero-order valence-electron chi connectivity index (χ0n) is 9.87. The van der Waals surface area contributed by atoms with Gasteiger partial charge in [-0.3, -0.25) is 4.79 Å². The van der Waals surface area contributed by atoms with E-state index < -0.39 is 0 Å². The fourth-order valence-corrected chi connectivity index (χ4v) is 1.88. The molecule has 0 aromatic carbocycles. The van der Waals surface area contributed by atoms with Crippen molar-refractivity contribution in [1.82, 2.24) is 4.90 Å². The molecular weight excluding hydrogens is 186 g/mol. The molecule has 0 bridgehead atoms. The van der Waals surface area contributed by atoms with E-state index in [2.05, 4.69) is 13.0 Å². The molecule has 0 radical (unpaired) electrons. The number of likely N-dealkylation sites (tertiary alicyclic amines) is 1. The van der Waals surface area contributed by atoms with Gasteiger partial charge in [0.25, 0.3) is 0 Å². The van der Waals surface area contributed by atoms with Gasteiger partial charge in [-0.2, -0.15) is 0 Å². The van der Waals surface area contributed by atoms with Crippen molar-refractivity contribution in [2.75, 3.05) is 6.54 Å². The van der Waals surface area contributed by atoms with Gasteiger partial charge in [-0.05, 0) is 25.7 Å². The summed E-state index contributed by atoms with van der Waals surface area (Å²) in [7, 11) is 0. The van der Waals surface area contributed by atoms with Crippen molar-refractivity contribution in [3.05, 3.63) is 12.3 Å². The Morgan fingerprint density at radius 3 is 2.93 bits per heavy atom. The second-order valence-corrected chi connectivity index (χ2v) is 4.28. The van der Waals surface area contributed by atoms with Crippen LogP contribution >= 0.6 is 0 Å². The van der Waals surface area contributed by atoms with Crippen LogP contribution in [0.3, 0.4) is 0 Å². The molecule has 86 valence electrons. The van der Waals surface area contributed by atoms with Crippen LogP contribution in [0.4, 0.5) is 0 Å². The number of hydrogen-bond donors (Lipinski definition) is 0. The molecule has 1 amide bonds. The molecule has 1 heterocycles. The molecule has 15 heavy (non-hydrogen) atoms. The van der Waals surface area contributed by atoms with Crippen LogP contribution in [0.2, 0.25) is 0 Å². The number of carbonyl (C=O) groups excluding carboxylic acids is 1. The predicted molar refractivity (Wildman–Crippen MR) is 63.5 cm³/mol. The number of amides is 1. The molecule has 1 saturated heterocycles. The molecule has 0 aromatic rings. The Bertz CT molecular complexity index is 211. The van der Waals surface area contributed by atoms with Crippen molar-refractivity contribution < 1.29 is 4.79 Å². The van der Waals surface area contributed by atoms with Gasteiger partial charge in [0.1, 0.15) is 0 Å². The highest BCUT2D eigenvalue weighted by Gasteiger charge is 2.13. The van der Waals surface area contributed by atoms with Gasteiger partial charge >= 0.3 is 0 Å². The molecule has 0 unspecified atom stereocenters. The first-order valence-corrected chi connectivity index (χ1v) is 6.30. The van der Waals surface area contributed by atoms with E-state index in [0.717, 1.165) is 32.2 Å². The highest BCUT2D eigenvalue weighted by molar-refractivity contribution is 5.77. The third kappa shape index (κ3) is 5.01. The summed E-state index contributed by atoms with van der Waals surface area (Å²) in [6, 6.07) is 0. The molecule has 0 atom stereocenters. The summed E-state index contributed by atoms with van der Waals surface area (Å²) < 4.78 is 0. The Labute approximate surface area is 93.3 Å². The minimum Gasteiger partial charge on any atom is -0.319 e. The quantitative estimate of drug-likeness (QED) is 0.635. The van der Waals surface area contributed by atoms with E-state index in [9.17, 15) is 4.79 Å². The first-order valence-electron chi connectivity index (χ1n) is 6.30. The van der Waals surface area contributed by atoms with Gasteiger partial charge in [0, 0.05) is 19.2 Å². The van der Waals surface area contributed by atoms with E-state index in [1.807, 2.05) is 11.1 Å². The summed E-state index contributed by atoms with van der Waals surface area (Å²) in [5, 5.41) is 0. The molecule has 0 spiro atoms. The van der Waals surface area contributed by atoms with E-state index in [4.69, 9.17) is 0 Å². The summed E-state index contributed by atoms with van der Waals surface area (Å²) in [4.78, 5) is 13.5. The Kier molecular flexibility index (Phi) is 6.14. The lowest BCUT2D eigenvalue weighted by Gasteiger charge is -2.14. The van der Waals surface area contributed by atoms with Gasteiger partial charge in [-0.15, -0.1) is 0 Å². The minimum atomic E-state index is 0.305. The van der Waals surface area contributed by atoms with Gasteiger partial charge in [0.05, 0.1) is 0 Å². The van der Waals surface area contributed by atoms with Crippen LogP contribution in [0.5, 0.6) is 0 Å². The van der Waals surface area contributed by atoms with Gasteiger partial charge in [0.2, 0.25) is 5.91 Å². The molecule has 0 aliphatic carbocycles. The van der Waals surface area contributed by atoms with Crippen molar-refractivity contribution in [2.24, 2.45) is 0 Å². The molecule has 1 fully saturated rings. The van der Waals surface area contributed by atoms with E-state index in [1.165, 1.54) is 25.7 Å². The number of allylic oxidation sites excluding steroid dienone is 1. The number of hydrogen-bond acceptors (Lipinski definition) is 1. The maximum absolute atomic E-state index is 11.6. The second-order valence-electron chi connectivity index (χ2n) is 4.28. The van der Waals surface area contributed by atoms with Gasteiger partial charge in [-0.25, -0.2) is 0 Å². The normalized spacial score (nSPS) is 18.5. The first kappa shape index (κ1) is 12.3. The Morgan fingerprint density at radius 2 is 2.13 bits per heavy atom. The molecule has 0 aromatic heterocycles. The lowest BCUT2D eigenvalue weighted by molar-refractivity contribution is -0.128. The first-order chi connectivity index (χ1) is 7.34. The fraction of sp³-hybridized carbons (Fsp3) is 0.769.